The predicted octanol–water partition coefficient (Wildman–Crippen LogP) is 3.10. The minimum Gasteiger partial charge on any atom is -0.384 e. The number of benzene rings is 1. The van der Waals surface area contributed by atoms with E-state index in [1.165, 1.54) is 0 Å². The summed E-state index contributed by atoms with van der Waals surface area (Å²) >= 11 is 5.85. The molecule has 0 aromatic heterocycles. The molecule has 1 unspecified atom stereocenters. The Kier molecular flexibility index (Phi) is 3.08. The molecule has 1 aromatic carbocycles. The van der Waals surface area contributed by atoms with Crippen molar-refractivity contribution in [2.75, 3.05) is 0 Å². The molecule has 0 spiro atoms. The monoisotopic (exact) mass is 223 g/mol. The first-order valence-electron chi connectivity index (χ1n) is 4.71. The first-order valence-corrected chi connectivity index (χ1v) is 5.09. The Morgan fingerprint density at radius 3 is 2.40 bits per heavy atom. The van der Waals surface area contributed by atoms with Crippen LogP contribution in [0, 0.1) is 16.7 Å². The van der Waals surface area contributed by atoms with Crippen molar-refractivity contribution in [3.8, 4) is 6.07 Å². The van der Waals surface area contributed by atoms with Crippen LogP contribution < -0.4 is 0 Å². The molecule has 1 atom stereocenters. The number of rotatable bonds is 2. The minimum atomic E-state index is -1.22. The molecule has 0 aliphatic heterocycles. The molecule has 0 bridgehead atoms. The highest BCUT2D eigenvalue weighted by atomic mass is 35.5. The van der Waals surface area contributed by atoms with E-state index in [1.807, 2.05) is 0 Å². The standard InChI is InChI=1S/C12H14ClNO/c1-11(2,8-14)12(3,15)9-5-4-6-10(13)7-9/h4-7,15H,1-3H3. The zero-order chi connectivity index (χ0) is 11.7. The molecule has 0 heterocycles. The van der Waals surface area contributed by atoms with Gasteiger partial charge >= 0.3 is 0 Å². The van der Waals surface area contributed by atoms with Crippen molar-refractivity contribution in [1.29, 1.82) is 5.26 Å². The molecule has 3 heteroatoms. The van der Waals surface area contributed by atoms with Crippen molar-refractivity contribution in [3.63, 3.8) is 0 Å². The van der Waals surface area contributed by atoms with Crippen molar-refractivity contribution in [1.82, 2.24) is 0 Å². The topological polar surface area (TPSA) is 44.0 Å². The zero-order valence-corrected chi connectivity index (χ0v) is 9.84. The molecule has 0 saturated heterocycles. The minimum absolute atomic E-state index is 0.557. The van der Waals surface area contributed by atoms with Gasteiger partial charge in [-0.3, -0.25) is 0 Å². The maximum atomic E-state index is 10.4. The lowest BCUT2D eigenvalue weighted by molar-refractivity contribution is -0.0267. The van der Waals surface area contributed by atoms with E-state index in [2.05, 4.69) is 6.07 Å². The van der Waals surface area contributed by atoms with Crippen LogP contribution in [0.5, 0.6) is 0 Å². The van der Waals surface area contributed by atoms with Crippen LogP contribution in [0.1, 0.15) is 26.3 Å². The third-order valence-corrected chi connectivity index (χ3v) is 3.12. The summed E-state index contributed by atoms with van der Waals surface area (Å²) in [5.41, 5.74) is -1.42. The van der Waals surface area contributed by atoms with Crippen LogP contribution in [0.3, 0.4) is 0 Å². The summed E-state index contributed by atoms with van der Waals surface area (Å²) in [5.74, 6) is 0. The Bertz CT molecular complexity index is 404. The number of aliphatic hydroxyl groups is 1. The van der Waals surface area contributed by atoms with Gasteiger partial charge in [0.1, 0.15) is 5.60 Å². The van der Waals surface area contributed by atoms with Crippen molar-refractivity contribution in [3.05, 3.63) is 34.9 Å². The fourth-order valence-corrected chi connectivity index (χ4v) is 1.45. The average molecular weight is 224 g/mol. The summed E-state index contributed by atoms with van der Waals surface area (Å²) in [6.07, 6.45) is 0. The van der Waals surface area contributed by atoms with Crippen LogP contribution in [-0.4, -0.2) is 5.11 Å². The predicted molar refractivity (Wildman–Crippen MR) is 60.4 cm³/mol. The Balaban J connectivity index is 3.24. The molecule has 80 valence electrons. The van der Waals surface area contributed by atoms with Gasteiger partial charge in [0.15, 0.2) is 0 Å². The molecule has 2 nitrogen and oxygen atoms in total. The van der Waals surface area contributed by atoms with E-state index in [4.69, 9.17) is 16.9 Å². The van der Waals surface area contributed by atoms with Crippen LogP contribution in [0.4, 0.5) is 0 Å². The first-order chi connectivity index (χ1) is 6.81. The van der Waals surface area contributed by atoms with Crippen molar-refractivity contribution in [2.24, 2.45) is 5.41 Å². The van der Waals surface area contributed by atoms with Crippen LogP contribution in [0.15, 0.2) is 24.3 Å². The van der Waals surface area contributed by atoms with Gasteiger partial charge in [-0.2, -0.15) is 5.26 Å². The lowest BCUT2D eigenvalue weighted by Gasteiger charge is -2.35. The second-order valence-corrected chi connectivity index (χ2v) is 4.76. The van der Waals surface area contributed by atoms with Gasteiger partial charge in [0.2, 0.25) is 0 Å². The van der Waals surface area contributed by atoms with Crippen molar-refractivity contribution in [2.45, 2.75) is 26.4 Å². The van der Waals surface area contributed by atoms with Gasteiger partial charge in [-0.15, -0.1) is 0 Å². The molecule has 15 heavy (non-hydrogen) atoms. The van der Waals surface area contributed by atoms with E-state index in [1.54, 1.807) is 45.0 Å². The smallest absolute Gasteiger partial charge is 0.105 e. The van der Waals surface area contributed by atoms with Crippen LogP contribution >= 0.6 is 11.6 Å². The summed E-state index contributed by atoms with van der Waals surface area (Å²) in [4.78, 5) is 0. The second-order valence-electron chi connectivity index (χ2n) is 4.32. The maximum Gasteiger partial charge on any atom is 0.105 e. The van der Waals surface area contributed by atoms with Crippen molar-refractivity contribution >= 4 is 11.6 Å². The molecule has 0 radical (unpaired) electrons. The van der Waals surface area contributed by atoms with E-state index in [9.17, 15) is 5.11 Å². The molecule has 0 aliphatic carbocycles. The summed E-state index contributed by atoms with van der Waals surface area (Å²) in [6.45, 7) is 5.03. The fourth-order valence-electron chi connectivity index (χ4n) is 1.26. The highest BCUT2D eigenvalue weighted by Gasteiger charge is 2.41. The van der Waals surface area contributed by atoms with E-state index in [-0.39, 0.29) is 0 Å². The Labute approximate surface area is 95.1 Å². The Morgan fingerprint density at radius 2 is 1.93 bits per heavy atom. The maximum absolute atomic E-state index is 10.4. The van der Waals surface area contributed by atoms with Gasteiger partial charge < -0.3 is 5.11 Å². The molecule has 0 fully saturated rings. The lowest BCUT2D eigenvalue weighted by atomic mass is 9.73. The summed E-state index contributed by atoms with van der Waals surface area (Å²) in [7, 11) is 0. The zero-order valence-electron chi connectivity index (χ0n) is 9.08. The summed E-state index contributed by atoms with van der Waals surface area (Å²) < 4.78 is 0. The first kappa shape index (κ1) is 12.0. The molecule has 0 amide bonds. The molecule has 1 rings (SSSR count). The van der Waals surface area contributed by atoms with Crippen molar-refractivity contribution < 1.29 is 5.11 Å². The second kappa shape index (κ2) is 3.84. The number of hydrogen-bond donors (Lipinski definition) is 1. The van der Waals surface area contributed by atoms with Crippen LogP contribution in [0.25, 0.3) is 0 Å². The molecule has 0 aliphatic rings. The normalized spacial score (nSPS) is 15.5. The highest BCUT2D eigenvalue weighted by molar-refractivity contribution is 6.30. The number of nitriles is 1. The van der Waals surface area contributed by atoms with E-state index < -0.39 is 11.0 Å². The molecule has 0 saturated carbocycles. The molecular weight excluding hydrogens is 210 g/mol. The molecular formula is C12H14ClNO. The SMILES string of the molecule is CC(C)(C#N)C(C)(O)c1cccc(Cl)c1. The average Bonchev–Trinajstić information content (AvgIpc) is 2.17. The molecule has 1 N–H and O–H groups in total. The molecule has 1 aromatic rings. The quantitative estimate of drug-likeness (QED) is 0.838. The van der Waals surface area contributed by atoms with Gasteiger partial charge in [-0.25, -0.2) is 0 Å². The highest BCUT2D eigenvalue weighted by Crippen LogP contribution is 2.39. The van der Waals surface area contributed by atoms with E-state index in [0.717, 1.165) is 0 Å². The third kappa shape index (κ3) is 2.14. The van der Waals surface area contributed by atoms with Crippen LogP contribution in [0.2, 0.25) is 5.02 Å². The largest absolute Gasteiger partial charge is 0.384 e. The summed E-state index contributed by atoms with van der Waals surface area (Å²) in [5, 5.41) is 19.9. The van der Waals surface area contributed by atoms with E-state index in [0.29, 0.717) is 10.6 Å². The van der Waals surface area contributed by atoms with Crippen LogP contribution in [-0.2, 0) is 5.60 Å². The number of nitrogens with zero attached hydrogens (tertiary/aromatic N) is 1. The van der Waals surface area contributed by atoms with Gasteiger partial charge in [0.25, 0.3) is 0 Å². The van der Waals surface area contributed by atoms with Gasteiger partial charge in [-0.1, -0.05) is 23.7 Å². The van der Waals surface area contributed by atoms with Gasteiger partial charge in [0.05, 0.1) is 11.5 Å². The summed E-state index contributed by atoms with van der Waals surface area (Å²) in [6, 6.07) is 9.06. The number of halogens is 1. The van der Waals surface area contributed by atoms with E-state index >= 15 is 0 Å². The van der Waals surface area contributed by atoms with Gasteiger partial charge in [0, 0.05) is 5.02 Å². The Hall–Kier alpha value is -1.04. The lowest BCUT2D eigenvalue weighted by Crippen LogP contribution is -2.38. The Morgan fingerprint density at radius 1 is 1.33 bits per heavy atom. The fraction of sp³-hybridized carbons (Fsp3) is 0.417. The third-order valence-electron chi connectivity index (χ3n) is 2.88. The van der Waals surface area contributed by atoms with Gasteiger partial charge in [-0.05, 0) is 38.5 Å². The number of hydrogen-bond acceptors (Lipinski definition) is 2.